The number of hydrogen-bond acceptors (Lipinski definition) is 5. The highest BCUT2D eigenvalue weighted by Crippen LogP contribution is 2.22. The highest BCUT2D eigenvalue weighted by atomic mass is 79.9. The standard InChI is InChI=1S/C15H16OS2.C6H6S.C3H6Br2O/c16-13(11-17-14-7-3-1-4-8-14)12-18-15-9-5-2-6-10-15;7-6-4-2-1-3-5-6;4-1-3(6)2-5/h1-10,13,16H,11-12H2;1-5,7H;3,6H,1-2H2. The van der Waals surface area contributed by atoms with Gasteiger partial charge in [0.05, 0.1) is 12.2 Å². The first-order valence-electron chi connectivity index (χ1n) is 9.63. The number of halogens is 2. The summed E-state index contributed by atoms with van der Waals surface area (Å²) in [6.45, 7) is 0. The lowest BCUT2D eigenvalue weighted by Gasteiger charge is -2.09. The van der Waals surface area contributed by atoms with Crippen molar-refractivity contribution in [1.29, 1.82) is 0 Å². The molecule has 0 bridgehead atoms. The summed E-state index contributed by atoms with van der Waals surface area (Å²) in [4.78, 5) is 3.44. The Morgan fingerprint density at radius 2 is 0.968 bits per heavy atom. The molecule has 168 valence electrons. The Labute approximate surface area is 216 Å². The van der Waals surface area contributed by atoms with Crippen LogP contribution in [0, 0.1) is 0 Å². The van der Waals surface area contributed by atoms with Crippen LogP contribution in [0.3, 0.4) is 0 Å². The van der Waals surface area contributed by atoms with Crippen molar-refractivity contribution >= 4 is 68.0 Å². The zero-order chi connectivity index (χ0) is 22.7. The van der Waals surface area contributed by atoms with Crippen molar-refractivity contribution in [3.63, 3.8) is 0 Å². The van der Waals surface area contributed by atoms with Gasteiger partial charge in [0.25, 0.3) is 0 Å². The Hall–Kier alpha value is -0.410. The normalized spacial score (nSPS) is 10.2. The van der Waals surface area contributed by atoms with Gasteiger partial charge in [-0.2, -0.15) is 0 Å². The van der Waals surface area contributed by atoms with E-state index < -0.39 is 0 Å². The van der Waals surface area contributed by atoms with E-state index in [2.05, 4.69) is 68.8 Å². The van der Waals surface area contributed by atoms with Gasteiger partial charge in [0.2, 0.25) is 0 Å². The summed E-state index contributed by atoms with van der Waals surface area (Å²) in [6, 6.07) is 30.2. The molecule has 0 atom stereocenters. The highest BCUT2D eigenvalue weighted by molar-refractivity contribution is 9.09. The number of thiol groups is 1. The zero-order valence-electron chi connectivity index (χ0n) is 17.1. The molecule has 3 aromatic rings. The van der Waals surface area contributed by atoms with Crippen molar-refractivity contribution in [3.05, 3.63) is 91.0 Å². The van der Waals surface area contributed by atoms with Gasteiger partial charge in [-0.1, -0.05) is 86.5 Å². The largest absolute Gasteiger partial charge is 0.391 e. The summed E-state index contributed by atoms with van der Waals surface area (Å²) < 4.78 is 0. The van der Waals surface area contributed by atoms with Crippen molar-refractivity contribution in [1.82, 2.24) is 0 Å². The third-order valence-electron chi connectivity index (χ3n) is 3.48. The second kappa shape index (κ2) is 19.1. The summed E-state index contributed by atoms with van der Waals surface area (Å²) in [5.41, 5.74) is 0. The Morgan fingerprint density at radius 1 is 0.613 bits per heavy atom. The predicted octanol–water partition coefficient (Wildman–Crippen LogP) is 7.04. The molecule has 0 saturated carbocycles. The number of alkyl halides is 2. The number of aliphatic hydroxyl groups is 2. The van der Waals surface area contributed by atoms with Crippen LogP contribution in [0.1, 0.15) is 0 Å². The van der Waals surface area contributed by atoms with E-state index in [0.29, 0.717) is 10.7 Å². The first-order chi connectivity index (χ1) is 15.0. The van der Waals surface area contributed by atoms with E-state index in [1.807, 2.05) is 66.7 Å². The third kappa shape index (κ3) is 15.9. The maximum absolute atomic E-state index is 9.93. The lowest BCUT2D eigenvalue weighted by molar-refractivity contribution is 0.225. The third-order valence-corrected chi connectivity index (χ3v) is 7.59. The van der Waals surface area contributed by atoms with Crippen LogP contribution in [0.15, 0.2) is 106 Å². The average Bonchev–Trinajstić information content (AvgIpc) is 2.83. The SMILES string of the molecule is OC(CBr)CBr.OC(CSc1ccccc1)CSc1ccccc1.Sc1ccccc1. The Bertz CT molecular complexity index is 733. The summed E-state index contributed by atoms with van der Waals surface area (Å²) in [7, 11) is 0. The van der Waals surface area contributed by atoms with Gasteiger partial charge in [-0.15, -0.1) is 36.2 Å². The molecule has 3 rings (SSSR count). The maximum Gasteiger partial charge on any atom is 0.0733 e. The second-order valence-electron chi connectivity index (χ2n) is 6.20. The molecule has 7 heteroatoms. The molecule has 0 spiro atoms. The van der Waals surface area contributed by atoms with Gasteiger partial charge in [0, 0.05) is 36.9 Å². The molecule has 31 heavy (non-hydrogen) atoms. The maximum atomic E-state index is 9.93. The van der Waals surface area contributed by atoms with Crippen LogP contribution in [-0.4, -0.2) is 44.6 Å². The topological polar surface area (TPSA) is 40.5 Å². The quantitative estimate of drug-likeness (QED) is 0.147. The molecule has 0 amide bonds. The first kappa shape index (κ1) is 28.6. The van der Waals surface area contributed by atoms with Gasteiger partial charge in [-0.05, 0) is 36.4 Å². The minimum absolute atomic E-state index is 0.231. The molecule has 0 aliphatic heterocycles. The molecular weight excluding hydrogens is 576 g/mol. The molecule has 3 aromatic carbocycles. The van der Waals surface area contributed by atoms with E-state index in [-0.39, 0.29) is 12.2 Å². The molecule has 0 aliphatic rings. The molecule has 0 radical (unpaired) electrons. The van der Waals surface area contributed by atoms with Crippen LogP contribution in [0.5, 0.6) is 0 Å². The van der Waals surface area contributed by atoms with Gasteiger partial charge in [-0.25, -0.2) is 0 Å². The van der Waals surface area contributed by atoms with E-state index in [4.69, 9.17) is 5.11 Å². The fourth-order valence-corrected chi connectivity index (χ4v) is 5.03. The Kier molecular flexibility index (Phi) is 17.6. The van der Waals surface area contributed by atoms with Crippen LogP contribution >= 0.6 is 68.0 Å². The fourth-order valence-electron chi connectivity index (χ4n) is 1.94. The minimum atomic E-state index is -0.277. The van der Waals surface area contributed by atoms with Crippen molar-refractivity contribution in [2.75, 3.05) is 22.2 Å². The summed E-state index contributed by atoms with van der Waals surface area (Å²) >= 11 is 13.7. The van der Waals surface area contributed by atoms with E-state index in [9.17, 15) is 5.11 Å². The lowest BCUT2D eigenvalue weighted by Crippen LogP contribution is -2.12. The molecule has 2 N–H and O–H groups in total. The van der Waals surface area contributed by atoms with Crippen LogP contribution in [0.2, 0.25) is 0 Å². The van der Waals surface area contributed by atoms with Crippen LogP contribution < -0.4 is 0 Å². The van der Waals surface area contributed by atoms with Crippen molar-refractivity contribution < 1.29 is 10.2 Å². The molecule has 0 saturated heterocycles. The molecule has 0 aromatic heterocycles. The number of benzene rings is 3. The number of hydrogen-bond donors (Lipinski definition) is 3. The van der Waals surface area contributed by atoms with E-state index >= 15 is 0 Å². The summed E-state index contributed by atoms with van der Waals surface area (Å²) in [6.07, 6.45) is -0.509. The van der Waals surface area contributed by atoms with Gasteiger partial charge in [-0.3, -0.25) is 0 Å². The van der Waals surface area contributed by atoms with Gasteiger partial charge in [0.15, 0.2) is 0 Å². The minimum Gasteiger partial charge on any atom is -0.391 e. The zero-order valence-corrected chi connectivity index (χ0v) is 22.8. The van der Waals surface area contributed by atoms with Gasteiger partial charge >= 0.3 is 0 Å². The van der Waals surface area contributed by atoms with Crippen LogP contribution in [-0.2, 0) is 0 Å². The molecular formula is C24H28Br2O2S3. The molecule has 0 fully saturated rings. The van der Waals surface area contributed by atoms with Crippen molar-refractivity contribution in [2.24, 2.45) is 0 Å². The predicted molar refractivity (Wildman–Crippen MR) is 148 cm³/mol. The Morgan fingerprint density at radius 3 is 1.23 bits per heavy atom. The first-order valence-corrected chi connectivity index (χ1v) is 14.3. The molecule has 0 aliphatic carbocycles. The van der Waals surface area contributed by atoms with Crippen molar-refractivity contribution in [2.45, 2.75) is 26.9 Å². The van der Waals surface area contributed by atoms with Crippen LogP contribution in [0.25, 0.3) is 0 Å². The van der Waals surface area contributed by atoms with Crippen LogP contribution in [0.4, 0.5) is 0 Å². The molecule has 0 heterocycles. The lowest BCUT2D eigenvalue weighted by atomic mass is 10.4. The van der Waals surface area contributed by atoms with Crippen molar-refractivity contribution in [3.8, 4) is 0 Å². The fraction of sp³-hybridized carbons (Fsp3) is 0.250. The smallest absolute Gasteiger partial charge is 0.0733 e. The molecule has 2 nitrogen and oxygen atoms in total. The van der Waals surface area contributed by atoms with E-state index in [0.717, 1.165) is 16.4 Å². The highest BCUT2D eigenvalue weighted by Gasteiger charge is 2.05. The Balaban J connectivity index is 0.000000303. The number of aliphatic hydroxyl groups excluding tert-OH is 2. The summed E-state index contributed by atoms with van der Waals surface area (Å²) in [5.74, 6) is 1.48. The average molecular weight is 604 g/mol. The van der Waals surface area contributed by atoms with Gasteiger partial charge < -0.3 is 10.2 Å². The number of rotatable bonds is 8. The van der Waals surface area contributed by atoms with E-state index in [1.165, 1.54) is 9.79 Å². The monoisotopic (exact) mass is 602 g/mol. The van der Waals surface area contributed by atoms with E-state index in [1.54, 1.807) is 23.5 Å². The second-order valence-corrected chi connectivity index (χ2v) is 10.2. The summed E-state index contributed by atoms with van der Waals surface area (Å²) in [5, 5.41) is 19.8. The molecule has 0 unspecified atom stereocenters. The number of thioether (sulfide) groups is 2. The van der Waals surface area contributed by atoms with Gasteiger partial charge in [0.1, 0.15) is 0 Å².